The average molecular weight is 346 g/mol. The number of hydrogen-bond acceptors (Lipinski definition) is 6. The van der Waals surface area contributed by atoms with Crippen LogP contribution in [-0.2, 0) is 20.3 Å². The number of carbonyl (C=O) groups excluding carboxylic acids is 1. The van der Waals surface area contributed by atoms with Gasteiger partial charge < -0.3 is 20.1 Å². The Balaban J connectivity index is 2.55. The molecule has 3 N–H and O–H groups in total. The lowest BCUT2D eigenvalue weighted by Gasteiger charge is -2.60. The average Bonchev–Trinajstić information content (AvgIpc) is 2.42. The Morgan fingerprint density at radius 1 is 1.39 bits per heavy atom. The van der Waals surface area contributed by atoms with Crippen molar-refractivity contribution in [3.63, 3.8) is 0 Å². The fraction of sp³-hybridized carbons (Fsp3) is 0.812. The van der Waals surface area contributed by atoms with Gasteiger partial charge in [0.2, 0.25) is 0 Å². The Hall–Kier alpha value is -0.600. The second-order valence-corrected chi connectivity index (χ2v) is 8.68. The highest BCUT2D eigenvalue weighted by Crippen LogP contribution is 2.51. The van der Waals surface area contributed by atoms with Crippen LogP contribution < -0.4 is 0 Å². The van der Waals surface area contributed by atoms with Crippen molar-refractivity contribution in [3.05, 3.63) is 11.6 Å². The fourth-order valence-corrected chi connectivity index (χ4v) is 5.90. The number of methoxy groups -OCH3 is 1. The fourth-order valence-electron chi connectivity index (χ4n) is 3.87. The first-order valence-corrected chi connectivity index (χ1v) is 9.12. The smallest absolute Gasteiger partial charge is 0.164 e. The highest BCUT2D eigenvalue weighted by Gasteiger charge is 2.73. The molecule has 2 rings (SSSR count). The van der Waals surface area contributed by atoms with E-state index in [2.05, 4.69) is 0 Å². The number of carbonyl (C=O) groups is 1. The Bertz CT molecular complexity index is 553. The van der Waals surface area contributed by atoms with Crippen LogP contribution in [0.5, 0.6) is 0 Å². The Morgan fingerprint density at radius 2 is 2.00 bits per heavy atom. The van der Waals surface area contributed by atoms with Crippen LogP contribution in [-0.4, -0.2) is 66.3 Å². The number of rotatable bonds is 3. The Labute approximate surface area is 139 Å². The highest BCUT2D eigenvalue weighted by molar-refractivity contribution is 7.85. The van der Waals surface area contributed by atoms with Gasteiger partial charge in [-0.15, -0.1) is 0 Å². The molecule has 1 heterocycles. The van der Waals surface area contributed by atoms with E-state index in [0.717, 1.165) is 5.57 Å². The van der Waals surface area contributed by atoms with Crippen molar-refractivity contribution in [3.8, 4) is 0 Å². The third kappa shape index (κ3) is 2.62. The topological polar surface area (TPSA) is 104 Å². The maximum atomic E-state index is 12.6. The summed E-state index contributed by atoms with van der Waals surface area (Å²) >= 11 is 0. The summed E-state index contributed by atoms with van der Waals surface area (Å²) in [6, 6.07) is 0. The van der Waals surface area contributed by atoms with Crippen molar-refractivity contribution in [1.82, 2.24) is 0 Å². The molecular weight excluding hydrogens is 320 g/mol. The van der Waals surface area contributed by atoms with E-state index in [-0.39, 0.29) is 30.8 Å². The lowest BCUT2D eigenvalue weighted by atomic mass is 9.60. The first-order chi connectivity index (χ1) is 10.5. The molecule has 6 nitrogen and oxygen atoms in total. The van der Waals surface area contributed by atoms with Gasteiger partial charge in [-0.05, 0) is 33.6 Å². The predicted molar refractivity (Wildman–Crippen MR) is 86.4 cm³/mol. The van der Waals surface area contributed by atoms with E-state index >= 15 is 0 Å². The summed E-state index contributed by atoms with van der Waals surface area (Å²) in [6.07, 6.45) is 0.743. The van der Waals surface area contributed by atoms with Crippen molar-refractivity contribution in [1.29, 1.82) is 0 Å². The molecule has 132 valence electrons. The van der Waals surface area contributed by atoms with Crippen molar-refractivity contribution in [2.45, 2.75) is 68.2 Å². The van der Waals surface area contributed by atoms with Gasteiger partial charge in [0, 0.05) is 24.3 Å². The molecule has 6 atom stereocenters. The van der Waals surface area contributed by atoms with E-state index in [4.69, 9.17) is 4.74 Å². The van der Waals surface area contributed by atoms with Gasteiger partial charge in [-0.2, -0.15) is 0 Å². The molecule has 1 aliphatic carbocycles. The van der Waals surface area contributed by atoms with Crippen molar-refractivity contribution >= 4 is 16.6 Å². The summed E-state index contributed by atoms with van der Waals surface area (Å²) in [6.45, 7) is 5.10. The molecule has 0 bridgehead atoms. The van der Waals surface area contributed by atoms with Crippen molar-refractivity contribution in [2.24, 2.45) is 0 Å². The zero-order valence-corrected chi connectivity index (χ0v) is 14.9. The number of ether oxygens (including phenoxy) is 1. The quantitative estimate of drug-likeness (QED) is 0.625. The maximum Gasteiger partial charge on any atom is 0.164 e. The standard InChI is InChI=1S/C16H26O6S/c1-10(2)5-6-12-14(3,18)16(20)13(22-4)11(17)7-8-15(16,19)9-23(12)21/h5,12-13,18-20H,6-9H2,1-4H3/t12-,13-,14+,15+,16+,23-/m1/s1. The monoisotopic (exact) mass is 346 g/mol. The van der Waals surface area contributed by atoms with Crippen LogP contribution in [0, 0.1) is 0 Å². The van der Waals surface area contributed by atoms with Gasteiger partial charge in [-0.1, -0.05) is 11.6 Å². The molecule has 0 spiro atoms. The molecule has 0 amide bonds. The largest absolute Gasteiger partial charge is 0.386 e. The van der Waals surface area contributed by atoms with Crippen LogP contribution in [0.1, 0.15) is 40.0 Å². The molecule has 1 saturated carbocycles. The maximum absolute atomic E-state index is 12.6. The van der Waals surface area contributed by atoms with Crippen LogP contribution in [0.25, 0.3) is 0 Å². The lowest BCUT2D eigenvalue weighted by Crippen LogP contribution is -2.83. The van der Waals surface area contributed by atoms with Crippen LogP contribution in [0.2, 0.25) is 0 Å². The van der Waals surface area contributed by atoms with Crippen molar-refractivity contribution < 1.29 is 29.1 Å². The van der Waals surface area contributed by atoms with Gasteiger partial charge in [-0.3, -0.25) is 9.00 Å². The third-order valence-electron chi connectivity index (χ3n) is 5.24. The molecule has 0 unspecified atom stereocenters. The van der Waals surface area contributed by atoms with Crippen molar-refractivity contribution in [2.75, 3.05) is 12.9 Å². The summed E-state index contributed by atoms with van der Waals surface area (Å²) in [5, 5.41) is 32.5. The summed E-state index contributed by atoms with van der Waals surface area (Å²) in [5.74, 6) is -0.553. The Morgan fingerprint density at radius 3 is 2.52 bits per heavy atom. The molecule has 0 aromatic heterocycles. The van der Waals surface area contributed by atoms with E-state index in [1.54, 1.807) is 0 Å². The molecule has 0 aromatic carbocycles. The number of aliphatic hydroxyl groups is 3. The molecule has 2 aliphatic rings. The first-order valence-electron chi connectivity index (χ1n) is 7.74. The molecule has 0 radical (unpaired) electrons. The number of fused-ring (bicyclic) bond motifs is 1. The zero-order chi connectivity index (χ0) is 17.6. The Kier molecular flexibility index (Phi) is 4.92. The molecule has 7 heteroatoms. The van der Waals surface area contributed by atoms with Crippen LogP contribution in [0.4, 0.5) is 0 Å². The minimum Gasteiger partial charge on any atom is -0.386 e. The number of hydrogen-bond donors (Lipinski definition) is 3. The molecule has 1 aliphatic heterocycles. The van der Waals surface area contributed by atoms with Gasteiger partial charge >= 0.3 is 0 Å². The van der Waals surface area contributed by atoms with E-state index in [0.29, 0.717) is 0 Å². The van der Waals surface area contributed by atoms with Gasteiger partial charge in [0.05, 0.1) is 11.0 Å². The summed E-state index contributed by atoms with van der Waals surface area (Å²) < 4.78 is 17.8. The number of allylic oxidation sites excluding steroid dienone is 2. The SMILES string of the molecule is CO[C@@H]1C(=O)CC[C@]2(O)C[S@@](=O)[C@H](CC=C(C)C)[C@](C)(O)[C@@]12O. The minimum atomic E-state index is -2.20. The van der Waals surface area contributed by atoms with Crippen LogP contribution >= 0.6 is 0 Å². The van der Waals surface area contributed by atoms with Crippen LogP contribution in [0.15, 0.2) is 11.6 Å². The van der Waals surface area contributed by atoms with Gasteiger partial charge in [0.15, 0.2) is 11.4 Å². The van der Waals surface area contributed by atoms with Gasteiger partial charge in [0.1, 0.15) is 17.3 Å². The lowest BCUT2D eigenvalue weighted by molar-refractivity contribution is -0.285. The van der Waals surface area contributed by atoms with E-state index in [1.165, 1.54) is 14.0 Å². The normalized spacial score (nSPS) is 47.1. The minimum absolute atomic E-state index is 0.0171. The second-order valence-electron chi connectivity index (χ2n) is 7.06. The molecule has 1 saturated heterocycles. The van der Waals surface area contributed by atoms with Crippen LogP contribution in [0.3, 0.4) is 0 Å². The third-order valence-corrected chi connectivity index (χ3v) is 7.29. The first kappa shape index (κ1) is 18.7. The predicted octanol–water partition coefficient (Wildman–Crippen LogP) is 0.0647. The summed E-state index contributed by atoms with van der Waals surface area (Å²) in [4.78, 5) is 12.2. The summed E-state index contributed by atoms with van der Waals surface area (Å²) in [7, 11) is -0.284. The highest BCUT2D eigenvalue weighted by atomic mass is 32.2. The van der Waals surface area contributed by atoms with Gasteiger partial charge in [-0.25, -0.2) is 0 Å². The number of ketones is 1. The van der Waals surface area contributed by atoms with E-state index in [9.17, 15) is 24.3 Å². The molecule has 23 heavy (non-hydrogen) atoms. The van der Waals surface area contributed by atoms with E-state index < -0.39 is 39.0 Å². The zero-order valence-electron chi connectivity index (χ0n) is 14.0. The van der Waals surface area contributed by atoms with Gasteiger partial charge in [0.25, 0.3) is 0 Å². The number of Topliss-reactive ketones (excluding diaryl/α,β-unsaturated/α-hetero) is 1. The van der Waals surface area contributed by atoms with E-state index in [1.807, 2.05) is 19.9 Å². The summed E-state index contributed by atoms with van der Waals surface area (Å²) in [5.41, 5.74) is -4.96. The molecule has 0 aromatic rings. The molecule has 2 fully saturated rings. The molecular formula is C16H26O6S. The second kappa shape index (κ2) is 6.04.